The van der Waals surface area contributed by atoms with Crippen LogP contribution in [0.1, 0.15) is 21.7 Å². The maximum atomic E-state index is 12.0. The molecule has 0 aliphatic rings. The minimum absolute atomic E-state index is 0.417. The van der Waals surface area contributed by atoms with Gasteiger partial charge in [-0.1, -0.05) is 0 Å². The lowest BCUT2D eigenvalue weighted by Gasteiger charge is -2.00. The Balaban J connectivity index is 2.25. The van der Waals surface area contributed by atoms with Crippen LogP contribution in [-0.2, 0) is 9.59 Å². The fourth-order valence-corrected chi connectivity index (χ4v) is 3.07. The zero-order valence-corrected chi connectivity index (χ0v) is 12.9. The van der Waals surface area contributed by atoms with E-state index in [9.17, 15) is 14.4 Å². The molecule has 0 unspecified atom stereocenters. The van der Waals surface area contributed by atoms with Crippen LogP contribution in [0.4, 0.5) is 0 Å². The average Bonchev–Trinajstić information content (AvgIpc) is 2.89. The number of ketones is 2. The van der Waals surface area contributed by atoms with Crippen LogP contribution in [0, 0.1) is 6.92 Å². The van der Waals surface area contributed by atoms with E-state index in [0.29, 0.717) is 4.88 Å². The van der Waals surface area contributed by atoms with Crippen molar-refractivity contribution in [3.8, 4) is 16.2 Å². The number of Topliss-reactive ketones (excluding diaryl/α,β-unsaturated/α-hetero) is 2. The summed E-state index contributed by atoms with van der Waals surface area (Å²) >= 11 is 1.25. The maximum absolute atomic E-state index is 12.0. The molecule has 2 aromatic rings. The predicted molar refractivity (Wildman–Crippen MR) is 82.6 cm³/mol. The summed E-state index contributed by atoms with van der Waals surface area (Å²) in [5.41, 5.74) is 1.66. The molecule has 0 amide bonds. The van der Waals surface area contributed by atoms with Crippen molar-refractivity contribution in [1.29, 1.82) is 0 Å². The summed E-state index contributed by atoms with van der Waals surface area (Å²) in [4.78, 5) is 35.0. The fraction of sp³-hybridized carbons (Fsp3) is 0.188. The minimum atomic E-state index is -1.59. The molecule has 1 aromatic carbocycles. The molecule has 0 fully saturated rings. The summed E-state index contributed by atoms with van der Waals surface area (Å²) in [5, 5.41) is 8.57. The highest BCUT2D eigenvalue weighted by Crippen LogP contribution is 2.32. The molecule has 1 heterocycles. The molecular weight excluding hydrogens is 304 g/mol. The van der Waals surface area contributed by atoms with E-state index in [2.05, 4.69) is 0 Å². The Morgan fingerprint density at radius 3 is 2.36 bits per heavy atom. The molecule has 0 saturated carbocycles. The van der Waals surface area contributed by atoms with Gasteiger partial charge in [-0.25, -0.2) is 4.79 Å². The van der Waals surface area contributed by atoms with Gasteiger partial charge >= 0.3 is 5.97 Å². The molecule has 0 spiro atoms. The first-order chi connectivity index (χ1) is 10.4. The van der Waals surface area contributed by atoms with Crippen molar-refractivity contribution >= 4 is 28.9 Å². The number of rotatable bonds is 6. The second-order valence-corrected chi connectivity index (χ2v) is 5.73. The topological polar surface area (TPSA) is 80.7 Å². The number of thiophene rings is 1. The first kappa shape index (κ1) is 15.9. The second-order valence-electron chi connectivity index (χ2n) is 4.68. The van der Waals surface area contributed by atoms with Gasteiger partial charge in [0, 0.05) is 4.88 Å². The number of benzene rings is 1. The summed E-state index contributed by atoms with van der Waals surface area (Å²) in [6.07, 6.45) is -0.612. The van der Waals surface area contributed by atoms with Gasteiger partial charge in [-0.05, 0) is 48.4 Å². The van der Waals surface area contributed by atoms with E-state index in [-0.39, 0.29) is 0 Å². The first-order valence-electron chi connectivity index (χ1n) is 6.46. The smallest absolute Gasteiger partial charge is 0.372 e. The standard InChI is InChI=1S/C16H14O5S/c1-9-7-14(10-3-5-11(21-2)6-4-10)22-15(9)12(17)8-13(18)16(19)20/h3-7H,8H2,1-2H3,(H,19,20). The lowest BCUT2D eigenvalue weighted by atomic mass is 10.1. The van der Waals surface area contributed by atoms with Crippen molar-refractivity contribution in [3.63, 3.8) is 0 Å². The molecule has 22 heavy (non-hydrogen) atoms. The Bertz CT molecular complexity index is 727. The van der Waals surface area contributed by atoms with Crippen molar-refractivity contribution < 1.29 is 24.2 Å². The van der Waals surface area contributed by atoms with Crippen LogP contribution in [-0.4, -0.2) is 29.8 Å². The van der Waals surface area contributed by atoms with Crippen molar-refractivity contribution in [2.24, 2.45) is 0 Å². The summed E-state index contributed by atoms with van der Waals surface area (Å²) in [5.74, 6) is -2.41. The van der Waals surface area contributed by atoms with E-state index in [1.807, 2.05) is 30.3 Å². The van der Waals surface area contributed by atoms with Gasteiger partial charge in [0.05, 0.1) is 18.4 Å². The van der Waals surface area contributed by atoms with Gasteiger partial charge in [-0.15, -0.1) is 11.3 Å². The van der Waals surface area contributed by atoms with Gasteiger partial charge in [0.1, 0.15) is 5.75 Å². The molecule has 1 N–H and O–H groups in total. The van der Waals surface area contributed by atoms with Crippen molar-refractivity contribution in [1.82, 2.24) is 0 Å². The van der Waals surface area contributed by atoms with Crippen LogP contribution in [0.5, 0.6) is 5.75 Å². The zero-order valence-electron chi connectivity index (χ0n) is 12.1. The number of hydrogen-bond donors (Lipinski definition) is 1. The molecule has 0 radical (unpaired) electrons. The molecule has 2 rings (SSSR count). The molecule has 5 nitrogen and oxygen atoms in total. The third kappa shape index (κ3) is 3.40. The third-order valence-corrected chi connectivity index (χ3v) is 4.43. The number of aliphatic carboxylic acids is 1. The summed E-state index contributed by atoms with van der Waals surface area (Å²) < 4.78 is 5.09. The SMILES string of the molecule is COc1ccc(-c2cc(C)c(C(=O)CC(=O)C(=O)O)s2)cc1. The van der Waals surface area contributed by atoms with Crippen LogP contribution < -0.4 is 4.74 Å². The number of hydrogen-bond acceptors (Lipinski definition) is 5. The molecule has 1 aromatic heterocycles. The number of carbonyl (C=O) groups excluding carboxylic acids is 2. The molecular formula is C16H14O5S. The van der Waals surface area contributed by atoms with Gasteiger partial charge in [0.15, 0.2) is 5.78 Å². The first-order valence-corrected chi connectivity index (χ1v) is 7.28. The normalized spacial score (nSPS) is 10.3. The van der Waals surface area contributed by atoms with E-state index in [1.165, 1.54) is 11.3 Å². The van der Waals surface area contributed by atoms with Gasteiger partial charge in [0.2, 0.25) is 5.78 Å². The van der Waals surface area contributed by atoms with Crippen LogP contribution in [0.15, 0.2) is 30.3 Å². The number of ether oxygens (including phenoxy) is 1. The molecule has 0 aliphatic carbocycles. The van der Waals surface area contributed by atoms with E-state index in [4.69, 9.17) is 9.84 Å². The van der Waals surface area contributed by atoms with E-state index >= 15 is 0 Å². The summed E-state index contributed by atoms with van der Waals surface area (Å²) in [7, 11) is 1.58. The van der Waals surface area contributed by atoms with E-state index in [1.54, 1.807) is 14.0 Å². The van der Waals surface area contributed by atoms with Crippen LogP contribution >= 0.6 is 11.3 Å². The highest BCUT2D eigenvalue weighted by molar-refractivity contribution is 7.17. The molecule has 6 heteroatoms. The minimum Gasteiger partial charge on any atom is -0.497 e. The molecule has 0 bridgehead atoms. The Hall–Kier alpha value is -2.47. The zero-order chi connectivity index (χ0) is 16.3. The molecule has 0 saturated heterocycles. The fourth-order valence-electron chi connectivity index (χ4n) is 1.96. The van der Waals surface area contributed by atoms with E-state index < -0.39 is 24.0 Å². The Morgan fingerprint density at radius 2 is 1.82 bits per heavy atom. The van der Waals surface area contributed by atoms with Crippen molar-refractivity contribution in [2.75, 3.05) is 7.11 Å². The summed E-state index contributed by atoms with van der Waals surface area (Å²) in [6.45, 7) is 1.77. The van der Waals surface area contributed by atoms with Gasteiger partial charge in [0.25, 0.3) is 0 Å². The number of carbonyl (C=O) groups is 3. The lowest BCUT2D eigenvalue weighted by Crippen LogP contribution is -2.16. The monoisotopic (exact) mass is 318 g/mol. The van der Waals surface area contributed by atoms with Crippen LogP contribution in [0.3, 0.4) is 0 Å². The quantitative estimate of drug-likeness (QED) is 0.503. The number of methoxy groups -OCH3 is 1. The number of carboxylic acids is 1. The largest absolute Gasteiger partial charge is 0.497 e. The Labute approximate surface area is 131 Å². The maximum Gasteiger partial charge on any atom is 0.372 e. The Morgan fingerprint density at radius 1 is 1.18 bits per heavy atom. The van der Waals surface area contributed by atoms with Crippen molar-refractivity contribution in [2.45, 2.75) is 13.3 Å². The Kier molecular flexibility index (Phi) is 4.72. The van der Waals surface area contributed by atoms with E-state index in [0.717, 1.165) is 21.8 Å². The average molecular weight is 318 g/mol. The van der Waals surface area contributed by atoms with Gasteiger partial charge in [-0.3, -0.25) is 9.59 Å². The highest BCUT2D eigenvalue weighted by Gasteiger charge is 2.21. The van der Waals surface area contributed by atoms with Crippen LogP contribution in [0.2, 0.25) is 0 Å². The predicted octanol–water partition coefficient (Wildman–Crippen LogP) is 2.96. The second kappa shape index (κ2) is 6.53. The molecule has 114 valence electrons. The van der Waals surface area contributed by atoms with Crippen LogP contribution in [0.25, 0.3) is 10.4 Å². The van der Waals surface area contributed by atoms with Gasteiger partial charge < -0.3 is 9.84 Å². The summed E-state index contributed by atoms with van der Waals surface area (Å²) in [6, 6.07) is 9.24. The van der Waals surface area contributed by atoms with Gasteiger partial charge in [-0.2, -0.15) is 0 Å². The highest BCUT2D eigenvalue weighted by atomic mass is 32.1. The third-order valence-electron chi connectivity index (χ3n) is 3.11. The number of aryl methyl sites for hydroxylation is 1. The number of carboxylic acid groups (broad SMARTS) is 1. The molecule has 0 aliphatic heterocycles. The van der Waals surface area contributed by atoms with Crippen molar-refractivity contribution in [3.05, 3.63) is 40.8 Å². The lowest BCUT2D eigenvalue weighted by molar-refractivity contribution is -0.148. The molecule has 0 atom stereocenters.